The Balaban J connectivity index is 2.09. The van der Waals surface area contributed by atoms with E-state index in [0.717, 1.165) is 0 Å². The Bertz CT molecular complexity index is 735. The summed E-state index contributed by atoms with van der Waals surface area (Å²) in [4.78, 5) is 12.6. The predicted molar refractivity (Wildman–Crippen MR) is 97.2 cm³/mol. The van der Waals surface area contributed by atoms with Gasteiger partial charge >= 0.3 is 0 Å². The summed E-state index contributed by atoms with van der Waals surface area (Å²) < 4.78 is 41.5. The van der Waals surface area contributed by atoms with Crippen molar-refractivity contribution in [3.05, 3.63) is 23.8 Å². The van der Waals surface area contributed by atoms with Crippen molar-refractivity contribution in [3.63, 3.8) is 0 Å². The minimum atomic E-state index is -3.37. The van der Waals surface area contributed by atoms with Gasteiger partial charge in [-0.15, -0.1) is 0 Å². The Morgan fingerprint density at radius 2 is 2.04 bits per heavy atom. The molecular weight excluding hydrogens is 360 g/mol. The highest BCUT2D eigenvalue weighted by Crippen LogP contribution is 2.28. The van der Waals surface area contributed by atoms with Gasteiger partial charge in [0.05, 0.1) is 38.7 Å². The Morgan fingerprint density at radius 3 is 2.65 bits per heavy atom. The molecule has 9 heteroatoms. The van der Waals surface area contributed by atoms with Crippen LogP contribution in [0.25, 0.3) is 0 Å². The molecule has 1 saturated heterocycles. The number of amides is 1. The van der Waals surface area contributed by atoms with Gasteiger partial charge in [0, 0.05) is 25.6 Å². The van der Waals surface area contributed by atoms with Crippen LogP contribution in [0.5, 0.6) is 11.5 Å². The summed E-state index contributed by atoms with van der Waals surface area (Å²) in [5.41, 5.74) is 0.409. The first-order valence-corrected chi connectivity index (χ1v) is 9.99. The van der Waals surface area contributed by atoms with Crippen molar-refractivity contribution in [3.8, 4) is 11.5 Å². The van der Waals surface area contributed by atoms with Gasteiger partial charge in [0.1, 0.15) is 0 Å². The fourth-order valence-electron chi connectivity index (χ4n) is 2.68. The first-order valence-electron chi connectivity index (χ1n) is 8.38. The van der Waals surface area contributed by atoms with Crippen molar-refractivity contribution < 1.29 is 27.4 Å². The average molecular weight is 386 g/mol. The van der Waals surface area contributed by atoms with Gasteiger partial charge in [-0.05, 0) is 25.1 Å². The van der Waals surface area contributed by atoms with E-state index in [0.29, 0.717) is 30.3 Å². The lowest BCUT2D eigenvalue weighted by Gasteiger charge is -2.21. The molecule has 8 nitrogen and oxygen atoms in total. The summed E-state index contributed by atoms with van der Waals surface area (Å²) in [7, 11) is 1.12. The lowest BCUT2D eigenvalue weighted by Crippen LogP contribution is -2.43. The molecule has 0 aromatic heterocycles. The molecule has 1 aromatic rings. The first-order chi connectivity index (χ1) is 12.3. The number of hydrogen-bond acceptors (Lipinski definition) is 6. The third-order valence-corrected chi connectivity index (χ3v) is 6.18. The van der Waals surface area contributed by atoms with Crippen molar-refractivity contribution in [2.24, 2.45) is 5.92 Å². The van der Waals surface area contributed by atoms with Gasteiger partial charge in [-0.2, -0.15) is 0 Å². The molecule has 2 unspecified atom stereocenters. The Morgan fingerprint density at radius 1 is 1.31 bits per heavy atom. The number of ether oxygens (including phenoxy) is 3. The second-order valence-corrected chi connectivity index (χ2v) is 8.46. The van der Waals surface area contributed by atoms with Crippen LogP contribution in [0.4, 0.5) is 0 Å². The molecule has 1 fully saturated rings. The van der Waals surface area contributed by atoms with E-state index in [4.69, 9.17) is 14.2 Å². The van der Waals surface area contributed by atoms with Gasteiger partial charge in [0.2, 0.25) is 10.0 Å². The van der Waals surface area contributed by atoms with Crippen LogP contribution in [0.15, 0.2) is 18.2 Å². The molecule has 0 aliphatic carbocycles. The summed E-state index contributed by atoms with van der Waals surface area (Å²) in [6.45, 7) is 2.93. The van der Waals surface area contributed by atoms with Crippen molar-refractivity contribution in [2.45, 2.75) is 13.0 Å². The van der Waals surface area contributed by atoms with E-state index >= 15 is 0 Å². The second kappa shape index (κ2) is 8.70. The van der Waals surface area contributed by atoms with Gasteiger partial charge in [-0.1, -0.05) is 0 Å². The summed E-state index contributed by atoms with van der Waals surface area (Å²) >= 11 is 0. The molecule has 1 amide bonds. The standard InChI is InChI=1S/C17H26N2O6S/c1-5-25-15-7-6-12(8-16(15)23-4)17(20)18-14-10-24-9-13(14)11-26(21,22)19(2)3/h6-8,13-14H,5,9-11H2,1-4H3,(H,18,20). The Kier molecular flexibility index (Phi) is 6.85. The van der Waals surface area contributed by atoms with E-state index in [1.54, 1.807) is 18.2 Å². The number of benzene rings is 1. The minimum absolute atomic E-state index is 0.0719. The molecule has 1 aliphatic heterocycles. The molecule has 2 atom stereocenters. The van der Waals surface area contributed by atoms with Crippen molar-refractivity contribution >= 4 is 15.9 Å². The third kappa shape index (κ3) is 4.87. The number of carbonyl (C=O) groups excluding carboxylic acids is 1. The largest absolute Gasteiger partial charge is 0.493 e. The number of rotatable bonds is 8. The molecule has 0 spiro atoms. The van der Waals surface area contributed by atoms with Crippen LogP contribution < -0.4 is 14.8 Å². The van der Waals surface area contributed by atoms with E-state index < -0.39 is 10.0 Å². The summed E-state index contributed by atoms with van der Waals surface area (Å²) in [5.74, 6) is 0.349. The fourth-order valence-corrected chi connectivity index (χ4v) is 3.85. The van der Waals surface area contributed by atoms with Gasteiger partial charge in [0.25, 0.3) is 5.91 Å². The number of methoxy groups -OCH3 is 1. The highest BCUT2D eigenvalue weighted by atomic mass is 32.2. The molecular formula is C17H26N2O6S. The normalized spacial score (nSPS) is 20.2. The van der Waals surface area contributed by atoms with Crippen LogP contribution in [-0.2, 0) is 14.8 Å². The van der Waals surface area contributed by atoms with Gasteiger partial charge in [-0.25, -0.2) is 12.7 Å². The Hall–Kier alpha value is -1.84. The predicted octanol–water partition coefficient (Wildman–Crippen LogP) is 0.730. The fraction of sp³-hybridized carbons (Fsp3) is 0.588. The summed E-state index contributed by atoms with van der Waals surface area (Å²) in [5, 5.41) is 2.87. The van der Waals surface area contributed by atoms with Gasteiger partial charge in [0.15, 0.2) is 11.5 Å². The third-order valence-electron chi connectivity index (χ3n) is 4.22. The maximum atomic E-state index is 12.6. The topological polar surface area (TPSA) is 94.2 Å². The maximum absolute atomic E-state index is 12.6. The zero-order valence-corrected chi connectivity index (χ0v) is 16.3. The average Bonchev–Trinajstić information content (AvgIpc) is 3.01. The van der Waals surface area contributed by atoms with E-state index in [9.17, 15) is 13.2 Å². The molecule has 0 saturated carbocycles. The molecule has 1 heterocycles. The van der Waals surface area contributed by atoms with Gasteiger partial charge < -0.3 is 19.5 Å². The molecule has 26 heavy (non-hydrogen) atoms. The summed E-state index contributed by atoms with van der Waals surface area (Å²) in [6.07, 6.45) is 0. The highest BCUT2D eigenvalue weighted by molar-refractivity contribution is 7.89. The van der Waals surface area contributed by atoms with Crippen LogP contribution >= 0.6 is 0 Å². The minimum Gasteiger partial charge on any atom is -0.493 e. The van der Waals surface area contributed by atoms with Crippen molar-refractivity contribution in [2.75, 3.05) is 46.8 Å². The number of sulfonamides is 1. The van der Waals surface area contributed by atoms with E-state index in [1.807, 2.05) is 6.92 Å². The molecule has 146 valence electrons. The quantitative estimate of drug-likeness (QED) is 0.708. The maximum Gasteiger partial charge on any atom is 0.251 e. The first kappa shape index (κ1) is 20.5. The van der Waals surface area contributed by atoms with Crippen LogP contribution in [0, 0.1) is 5.92 Å². The molecule has 1 aliphatic rings. The van der Waals surface area contributed by atoms with Crippen LogP contribution in [0.1, 0.15) is 17.3 Å². The van der Waals surface area contributed by atoms with E-state index in [2.05, 4.69) is 5.32 Å². The summed E-state index contributed by atoms with van der Waals surface area (Å²) in [6, 6.07) is 4.55. The lowest BCUT2D eigenvalue weighted by atomic mass is 10.1. The second-order valence-electron chi connectivity index (χ2n) is 6.24. The van der Waals surface area contributed by atoms with E-state index in [1.165, 1.54) is 25.5 Å². The van der Waals surface area contributed by atoms with Gasteiger partial charge in [-0.3, -0.25) is 4.79 Å². The van der Waals surface area contributed by atoms with E-state index in [-0.39, 0.29) is 30.2 Å². The zero-order chi connectivity index (χ0) is 19.3. The molecule has 1 aromatic carbocycles. The van der Waals surface area contributed by atoms with Crippen LogP contribution in [0.2, 0.25) is 0 Å². The highest BCUT2D eigenvalue weighted by Gasteiger charge is 2.34. The molecule has 2 rings (SSSR count). The van der Waals surface area contributed by atoms with Crippen molar-refractivity contribution in [1.82, 2.24) is 9.62 Å². The SMILES string of the molecule is CCOc1ccc(C(=O)NC2COCC2CS(=O)(=O)N(C)C)cc1OC. The molecule has 0 bridgehead atoms. The van der Waals surface area contributed by atoms with Crippen LogP contribution in [0.3, 0.4) is 0 Å². The lowest BCUT2D eigenvalue weighted by molar-refractivity contribution is 0.0925. The molecule has 0 radical (unpaired) electrons. The number of hydrogen-bond donors (Lipinski definition) is 1. The smallest absolute Gasteiger partial charge is 0.251 e. The number of carbonyl (C=O) groups is 1. The van der Waals surface area contributed by atoms with Crippen LogP contribution in [-0.4, -0.2) is 71.5 Å². The Labute approximate surface area is 154 Å². The monoisotopic (exact) mass is 386 g/mol. The number of nitrogens with one attached hydrogen (secondary N) is 1. The van der Waals surface area contributed by atoms with Crippen molar-refractivity contribution in [1.29, 1.82) is 0 Å². The zero-order valence-electron chi connectivity index (χ0n) is 15.5. The number of nitrogens with zero attached hydrogens (tertiary/aromatic N) is 1. The molecule has 1 N–H and O–H groups in total.